The van der Waals surface area contributed by atoms with Gasteiger partial charge in [-0.25, -0.2) is 13.4 Å². The van der Waals surface area contributed by atoms with E-state index in [0.29, 0.717) is 6.54 Å². The van der Waals surface area contributed by atoms with Crippen molar-refractivity contribution in [3.8, 4) is 5.69 Å². The van der Waals surface area contributed by atoms with Gasteiger partial charge in [0.25, 0.3) is 0 Å². The molecular weight excluding hydrogens is 364 g/mol. The van der Waals surface area contributed by atoms with Crippen LogP contribution in [0.5, 0.6) is 0 Å². The smallest absolute Gasteiger partial charge is 0.243 e. The first kappa shape index (κ1) is 18.8. The first-order valence-electron chi connectivity index (χ1n) is 8.32. The number of hydrogen-bond donors (Lipinski definition) is 1. The van der Waals surface area contributed by atoms with Gasteiger partial charge in [0.15, 0.2) is 0 Å². The molecule has 27 heavy (non-hydrogen) atoms. The molecule has 0 aliphatic carbocycles. The summed E-state index contributed by atoms with van der Waals surface area (Å²) in [5.41, 5.74) is 1.89. The topological polar surface area (TPSA) is 84.3 Å². The molecule has 0 aliphatic rings. The molecule has 3 aromatic rings. The van der Waals surface area contributed by atoms with E-state index in [0.717, 1.165) is 15.6 Å². The molecule has 1 N–H and O–H groups in total. The number of likely N-dealkylation sites (N-methyl/N-ethyl adjacent to an activating group) is 1. The molecule has 0 saturated carbocycles. The molecule has 0 radical (unpaired) electrons. The summed E-state index contributed by atoms with van der Waals surface area (Å²) in [7, 11) is -2.29. The monoisotopic (exact) mass is 384 g/mol. The lowest BCUT2D eigenvalue weighted by Crippen LogP contribution is -2.38. The molecule has 3 rings (SSSR count). The van der Waals surface area contributed by atoms with Crippen LogP contribution < -0.4 is 5.32 Å². The van der Waals surface area contributed by atoms with Crippen LogP contribution in [0.1, 0.15) is 5.56 Å². The zero-order valence-electron chi connectivity index (χ0n) is 14.8. The normalized spacial score (nSPS) is 11.5. The van der Waals surface area contributed by atoms with E-state index in [1.807, 2.05) is 35.0 Å². The first-order chi connectivity index (χ1) is 13.0. The molecule has 1 aromatic heterocycles. The Labute approximate surface area is 158 Å². The second-order valence-electron chi connectivity index (χ2n) is 5.99. The highest BCUT2D eigenvalue weighted by Crippen LogP contribution is 2.13. The number of imidazole rings is 1. The number of benzene rings is 2. The minimum absolute atomic E-state index is 0.162. The van der Waals surface area contributed by atoms with Crippen LogP contribution in [0.25, 0.3) is 5.69 Å². The molecule has 0 atom stereocenters. The Morgan fingerprint density at radius 2 is 1.81 bits per heavy atom. The molecule has 0 fully saturated rings. The van der Waals surface area contributed by atoms with Gasteiger partial charge in [0, 0.05) is 31.7 Å². The van der Waals surface area contributed by atoms with Crippen LogP contribution in [0.3, 0.4) is 0 Å². The van der Waals surface area contributed by atoms with E-state index < -0.39 is 10.0 Å². The minimum atomic E-state index is -3.68. The van der Waals surface area contributed by atoms with Gasteiger partial charge in [0.2, 0.25) is 15.9 Å². The molecule has 0 bridgehead atoms. The second-order valence-corrected chi connectivity index (χ2v) is 8.03. The van der Waals surface area contributed by atoms with Gasteiger partial charge < -0.3 is 9.88 Å². The maximum atomic E-state index is 12.4. The molecule has 2 aromatic carbocycles. The largest absolute Gasteiger partial charge is 0.351 e. The fourth-order valence-electron chi connectivity index (χ4n) is 2.51. The third-order valence-electron chi connectivity index (χ3n) is 4.05. The van der Waals surface area contributed by atoms with E-state index in [-0.39, 0.29) is 17.3 Å². The summed E-state index contributed by atoms with van der Waals surface area (Å²) in [6.07, 6.45) is 5.26. The molecule has 0 saturated heterocycles. The number of amides is 1. The predicted octanol–water partition coefficient (Wildman–Crippen LogP) is 1.81. The molecular formula is C19H20N4O3S. The standard InChI is InChI=1S/C19H20N4O3S/c1-22(27(25,26)18-5-3-2-4-6-18)14-19(24)21-13-16-7-9-17(10-8-16)23-12-11-20-15-23/h2-12,15H,13-14H2,1H3,(H,21,24). The Hall–Kier alpha value is -2.97. The summed E-state index contributed by atoms with van der Waals surface area (Å²) in [5, 5.41) is 2.74. The van der Waals surface area contributed by atoms with Crippen molar-refractivity contribution in [2.24, 2.45) is 0 Å². The van der Waals surface area contributed by atoms with Crippen molar-refractivity contribution in [2.45, 2.75) is 11.4 Å². The fraction of sp³-hybridized carbons (Fsp3) is 0.158. The average molecular weight is 384 g/mol. The molecule has 1 amide bonds. The molecule has 0 aliphatic heterocycles. The number of aromatic nitrogens is 2. The van der Waals surface area contributed by atoms with Crippen LogP contribution in [0.4, 0.5) is 0 Å². The third kappa shape index (κ3) is 4.60. The van der Waals surface area contributed by atoms with Crippen molar-refractivity contribution in [1.29, 1.82) is 0 Å². The van der Waals surface area contributed by atoms with Crippen LogP contribution in [0.2, 0.25) is 0 Å². The van der Waals surface area contributed by atoms with Gasteiger partial charge in [0.05, 0.1) is 17.8 Å². The predicted molar refractivity (Wildman–Crippen MR) is 102 cm³/mol. The molecule has 0 spiro atoms. The Balaban J connectivity index is 1.55. The second kappa shape index (κ2) is 8.15. The zero-order valence-corrected chi connectivity index (χ0v) is 15.6. The van der Waals surface area contributed by atoms with E-state index in [2.05, 4.69) is 10.3 Å². The number of carbonyl (C=O) groups excluding carboxylic acids is 1. The Kier molecular flexibility index (Phi) is 5.68. The average Bonchev–Trinajstić information content (AvgIpc) is 3.22. The summed E-state index contributed by atoms with van der Waals surface area (Å²) < 4.78 is 27.8. The third-order valence-corrected chi connectivity index (χ3v) is 5.86. The van der Waals surface area contributed by atoms with Gasteiger partial charge in [-0.2, -0.15) is 4.31 Å². The Morgan fingerprint density at radius 3 is 2.44 bits per heavy atom. The minimum Gasteiger partial charge on any atom is -0.351 e. The zero-order chi connectivity index (χ0) is 19.3. The van der Waals surface area contributed by atoms with Gasteiger partial charge in [-0.05, 0) is 29.8 Å². The van der Waals surface area contributed by atoms with Crippen molar-refractivity contribution in [1.82, 2.24) is 19.2 Å². The number of sulfonamides is 1. The molecule has 8 heteroatoms. The van der Waals surface area contributed by atoms with E-state index >= 15 is 0 Å². The molecule has 140 valence electrons. The van der Waals surface area contributed by atoms with Gasteiger partial charge in [-0.15, -0.1) is 0 Å². The lowest BCUT2D eigenvalue weighted by atomic mass is 10.2. The van der Waals surface area contributed by atoms with Crippen LogP contribution in [0, 0.1) is 0 Å². The first-order valence-corrected chi connectivity index (χ1v) is 9.76. The maximum Gasteiger partial charge on any atom is 0.243 e. The molecule has 1 heterocycles. The van der Waals surface area contributed by atoms with Crippen LogP contribution >= 0.6 is 0 Å². The van der Waals surface area contributed by atoms with Crippen molar-refractivity contribution >= 4 is 15.9 Å². The van der Waals surface area contributed by atoms with Crippen molar-refractivity contribution in [3.63, 3.8) is 0 Å². The summed E-state index contributed by atoms with van der Waals surface area (Å²) >= 11 is 0. The van der Waals surface area contributed by atoms with E-state index in [1.54, 1.807) is 30.7 Å². The summed E-state index contributed by atoms with van der Waals surface area (Å²) in [4.78, 5) is 16.3. The summed E-state index contributed by atoms with van der Waals surface area (Å²) in [5.74, 6) is -0.365. The fourth-order valence-corrected chi connectivity index (χ4v) is 3.66. The van der Waals surface area contributed by atoms with Gasteiger partial charge in [0.1, 0.15) is 0 Å². The lowest BCUT2D eigenvalue weighted by molar-refractivity contribution is -0.121. The maximum absolute atomic E-state index is 12.4. The Morgan fingerprint density at radius 1 is 1.11 bits per heavy atom. The number of hydrogen-bond acceptors (Lipinski definition) is 4. The van der Waals surface area contributed by atoms with Crippen LogP contribution in [-0.2, 0) is 21.4 Å². The highest BCUT2D eigenvalue weighted by molar-refractivity contribution is 7.89. The van der Waals surface area contributed by atoms with Crippen LogP contribution in [0.15, 0.2) is 78.2 Å². The number of rotatable bonds is 7. The lowest BCUT2D eigenvalue weighted by Gasteiger charge is -2.17. The summed E-state index contributed by atoms with van der Waals surface area (Å²) in [6.45, 7) is 0.0760. The quantitative estimate of drug-likeness (QED) is 0.673. The summed E-state index contributed by atoms with van der Waals surface area (Å²) in [6, 6.07) is 15.7. The highest BCUT2D eigenvalue weighted by Gasteiger charge is 2.22. The molecule has 0 unspecified atom stereocenters. The van der Waals surface area contributed by atoms with Crippen molar-refractivity contribution in [2.75, 3.05) is 13.6 Å². The van der Waals surface area contributed by atoms with E-state index in [4.69, 9.17) is 0 Å². The molecule has 7 nitrogen and oxygen atoms in total. The van der Waals surface area contributed by atoms with Gasteiger partial charge >= 0.3 is 0 Å². The van der Waals surface area contributed by atoms with Crippen LogP contribution in [-0.4, -0.2) is 41.8 Å². The van der Waals surface area contributed by atoms with Crippen molar-refractivity contribution < 1.29 is 13.2 Å². The number of nitrogens with one attached hydrogen (secondary N) is 1. The SMILES string of the molecule is CN(CC(=O)NCc1ccc(-n2ccnc2)cc1)S(=O)(=O)c1ccccc1. The number of carbonyl (C=O) groups is 1. The number of nitrogens with zero attached hydrogens (tertiary/aromatic N) is 3. The van der Waals surface area contributed by atoms with Crippen molar-refractivity contribution in [3.05, 3.63) is 78.9 Å². The van der Waals surface area contributed by atoms with Gasteiger partial charge in [-0.3, -0.25) is 4.79 Å². The van der Waals surface area contributed by atoms with E-state index in [9.17, 15) is 13.2 Å². The van der Waals surface area contributed by atoms with E-state index in [1.165, 1.54) is 19.2 Å². The Bertz CT molecular complexity index is 985. The van der Waals surface area contributed by atoms with Gasteiger partial charge in [-0.1, -0.05) is 30.3 Å². The highest BCUT2D eigenvalue weighted by atomic mass is 32.2.